The monoisotopic (exact) mass is 263 g/mol. The highest BCUT2D eigenvalue weighted by Crippen LogP contribution is 2.17. The maximum atomic E-state index is 12.0. The lowest BCUT2D eigenvalue weighted by atomic mass is 10.1. The summed E-state index contributed by atoms with van der Waals surface area (Å²) in [6.45, 7) is 2.09. The molecule has 1 aromatic rings. The largest absolute Gasteiger partial charge is 0.342 e. The van der Waals surface area contributed by atoms with Gasteiger partial charge in [0.05, 0.1) is 11.3 Å². The van der Waals surface area contributed by atoms with Gasteiger partial charge in [0.1, 0.15) is 0 Å². The van der Waals surface area contributed by atoms with Gasteiger partial charge in [-0.1, -0.05) is 12.1 Å². The van der Waals surface area contributed by atoms with Crippen LogP contribution in [0.1, 0.15) is 12.0 Å². The highest BCUT2D eigenvalue weighted by atomic mass is 16.6. The van der Waals surface area contributed by atoms with Crippen molar-refractivity contribution in [3.05, 3.63) is 39.9 Å². The second-order valence-corrected chi connectivity index (χ2v) is 4.83. The molecule has 0 radical (unpaired) electrons. The Hall–Kier alpha value is -1.95. The number of carbonyl (C=O) groups excluding carboxylic acids is 1. The summed E-state index contributed by atoms with van der Waals surface area (Å²) in [7, 11) is 0. The number of benzene rings is 1. The number of non-ortho nitro benzene ring substituents is 1. The maximum Gasteiger partial charge on any atom is 0.269 e. The zero-order valence-corrected chi connectivity index (χ0v) is 10.6. The third-order valence-electron chi connectivity index (χ3n) is 3.47. The first-order valence-electron chi connectivity index (χ1n) is 6.31. The summed E-state index contributed by atoms with van der Waals surface area (Å²) in [6, 6.07) is 6.11. The Morgan fingerprint density at radius 1 is 1.42 bits per heavy atom. The standard InChI is InChI=1S/C13H17N3O3/c14-8-11-5-6-15(9-11)13(17)7-10-1-3-12(4-2-10)16(18)19/h1-4,11H,5-9,14H2. The fraction of sp³-hybridized carbons (Fsp3) is 0.462. The van der Waals surface area contributed by atoms with Crippen LogP contribution >= 0.6 is 0 Å². The molecule has 1 heterocycles. The smallest absolute Gasteiger partial charge is 0.269 e. The number of hydrogen-bond donors (Lipinski definition) is 1. The Bertz CT molecular complexity index is 473. The topological polar surface area (TPSA) is 89.5 Å². The summed E-state index contributed by atoms with van der Waals surface area (Å²) in [5, 5.41) is 10.5. The van der Waals surface area contributed by atoms with Gasteiger partial charge in [-0.2, -0.15) is 0 Å². The number of nitro benzene ring substituents is 1. The molecule has 1 aromatic carbocycles. The van der Waals surface area contributed by atoms with Gasteiger partial charge < -0.3 is 10.6 Å². The van der Waals surface area contributed by atoms with Crippen LogP contribution in [0.2, 0.25) is 0 Å². The molecular formula is C13H17N3O3. The summed E-state index contributed by atoms with van der Waals surface area (Å²) in [6.07, 6.45) is 1.25. The second-order valence-electron chi connectivity index (χ2n) is 4.83. The minimum Gasteiger partial charge on any atom is -0.342 e. The zero-order valence-electron chi connectivity index (χ0n) is 10.6. The van der Waals surface area contributed by atoms with Crippen molar-refractivity contribution in [1.82, 2.24) is 4.90 Å². The van der Waals surface area contributed by atoms with E-state index >= 15 is 0 Å². The van der Waals surface area contributed by atoms with E-state index in [0.717, 1.165) is 25.1 Å². The molecule has 102 valence electrons. The van der Waals surface area contributed by atoms with Gasteiger partial charge >= 0.3 is 0 Å². The third kappa shape index (κ3) is 3.29. The first kappa shape index (κ1) is 13.5. The van der Waals surface area contributed by atoms with Crippen molar-refractivity contribution in [3.8, 4) is 0 Å². The molecule has 0 spiro atoms. The van der Waals surface area contributed by atoms with Gasteiger partial charge in [0.25, 0.3) is 5.69 Å². The number of nitrogens with zero attached hydrogens (tertiary/aromatic N) is 2. The molecule has 1 aliphatic heterocycles. The quantitative estimate of drug-likeness (QED) is 0.646. The molecule has 1 amide bonds. The van der Waals surface area contributed by atoms with Crippen LogP contribution in [0.4, 0.5) is 5.69 Å². The minimum atomic E-state index is -0.447. The predicted molar refractivity (Wildman–Crippen MR) is 70.5 cm³/mol. The lowest BCUT2D eigenvalue weighted by Gasteiger charge is -2.16. The van der Waals surface area contributed by atoms with Crippen LogP contribution in [-0.4, -0.2) is 35.4 Å². The van der Waals surface area contributed by atoms with Crippen molar-refractivity contribution in [3.63, 3.8) is 0 Å². The van der Waals surface area contributed by atoms with E-state index in [9.17, 15) is 14.9 Å². The molecule has 6 nitrogen and oxygen atoms in total. The highest BCUT2D eigenvalue weighted by molar-refractivity contribution is 5.79. The fourth-order valence-corrected chi connectivity index (χ4v) is 2.27. The average Bonchev–Trinajstić information content (AvgIpc) is 2.88. The maximum absolute atomic E-state index is 12.0. The minimum absolute atomic E-state index is 0.0422. The second kappa shape index (κ2) is 5.79. The van der Waals surface area contributed by atoms with Crippen LogP contribution < -0.4 is 5.73 Å². The number of likely N-dealkylation sites (tertiary alicyclic amines) is 1. The molecule has 1 unspecified atom stereocenters. The third-order valence-corrected chi connectivity index (χ3v) is 3.47. The van der Waals surface area contributed by atoms with E-state index in [2.05, 4.69) is 0 Å². The summed E-state index contributed by atoms with van der Waals surface area (Å²) >= 11 is 0. The van der Waals surface area contributed by atoms with E-state index in [1.54, 1.807) is 12.1 Å². The van der Waals surface area contributed by atoms with Crippen molar-refractivity contribution in [2.45, 2.75) is 12.8 Å². The van der Waals surface area contributed by atoms with E-state index < -0.39 is 4.92 Å². The van der Waals surface area contributed by atoms with E-state index in [-0.39, 0.29) is 18.0 Å². The van der Waals surface area contributed by atoms with Crippen molar-refractivity contribution >= 4 is 11.6 Å². The van der Waals surface area contributed by atoms with Gasteiger partial charge in [-0.05, 0) is 24.4 Å². The molecular weight excluding hydrogens is 246 g/mol. The SMILES string of the molecule is NCC1CCN(C(=O)Cc2ccc([N+](=O)[O-])cc2)C1. The molecule has 1 saturated heterocycles. The molecule has 0 aliphatic carbocycles. The molecule has 0 bridgehead atoms. The zero-order chi connectivity index (χ0) is 13.8. The molecule has 19 heavy (non-hydrogen) atoms. The number of carbonyl (C=O) groups is 1. The van der Waals surface area contributed by atoms with Crippen LogP contribution in [0.5, 0.6) is 0 Å². The molecule has 1 aliphatic rings. The van der Waals surface area contributed by atoms with Crippen LogP contribution in [-0.2, 0) is 11.2 Å². The summed E-state index contributed by atoms with van der Waals surface area (Å²) in [5.74, 6) is 0.464. The molecule has 0 aromatic heterocycles. The van der Waals surface area contributed by atoms with Crippen LogP contribution in [0, 0.1) is 16.0 Å². The Kier molecular flexibility index (Phi) is 4.11. The number of hydrogen-bond acceptors (Lipinski definition) is 4. The normalized spacial score (nSPS) is 18.6. The number of nitrogens with two attached hydrogens (primary N) is 1. The molecule has 2 N–H and O–H groups in total. The predicted octanol–water partition coefficient (Wildman–Crippen LogP) is 0.944. The lowest BCUT2D eigenvalue weighted by molar-refractivity contribution is -0.384. The summed E-state index contributed by atoms with van der Waals surface area (Å²) in [4.78, 5) is 23.9. The van der Waals surface area contributed by atoms with E-state index in [1.807, 2.05) is 4.90 Å². The summed E-state index contributed by atoms with van der Waals surface area (Å²) < 4.78 is 0. The Morgan fingerprint density at radius 3 is 2.63 bits per heavy atom. The van der Waals surface area contributed by atoms with E-state index in [1.165, 1.54) is 12.1 Å². The Balaban J connectivity index is 1.94. The van der Waals surface area contributed by atoms with Crippen molar-refractivity contribution < 1.29 is 9.72 Å². The van der Waals surface area contributed by atoms with Crippen molar-refractivity contribution in [2.75, 3.05) is 19.6 Å². The molecule has 6 heteroatoms. The molecule has 1 atom stereocenters. The van der Waals surface area contributed by atoms with Gasteiger partial charge in [-0.25, -0.2) is 0 Å². The molecule has 2 rings (SSSR count). The van der Waals surface area contributed by atoms with Gasteiger partial charge in [-0.15, -0.1) is 0 Å². The lowest BCUT2D eigenvalue weighted by Crippen LogP contribution is -2.31. The van der Waals surface area contributed by atoms with Gasteiger partial charge in [0.15, 0.2) is 0 Å². The first-order valence-corrected chi connectivity index (χ1v) is 6.31. The number of rotatable bonds is 4. The summed E-state index contributed by atoms with van der Waals surface area (Å²) in [5.41, 5.74) is 6.43. The Morgan fingerprint density at radius 2 is 2.11 bits per heavy atom. The van der Waals surface area contributed by atoms with Crippen LogP contribution in [0.25, 0.3) is 0 Å². The van der Waals surface area contributed by atoms with Gasteiger partial charge in [0, 0.05) is 25.2 Å². The molecule has 1 fully saturated rings. The van der Waals surface area contributed by atoms with Crippen LogP contribution in [0.15, 0.2) is 24.3 Å². The Labute approximate surface area is 111 Å². The number of nitro groups is 1. The van der Waals surface area contributed by atoms with E-state index in [0.29, 0.717) is 12.5 Å². The average molecular weight is 263 g/mol. The number of amides is 1. The fourth-order valence-electron chi connectivity index (χ4n) is 2.27. The highest BCUT2D eigenvalue weighted by Gasteiger charge is 2.25. The van der Waals surface area contributed by atoms with E-state index in [4.69, 9.17) is 5.73 Å². The van der Waals surface area contributed by atoms with Crippen molar-refractivity contribution in [1.29, 1.82) is 0 Å². The van der Waals surface area contributed by atoms with Crippen molar-refractivity contribution in [2.24, 2.45) is 11.7 Å². The molecule has 0 saturated carbocycles. The first-order chi connectivity index (χ1) is 9.10. The van der Waals surface area contributed by atoms with Crippen LogP contribution in [0.3, 0.4) is 0 Å². The van der Waals surface area contributed by atoms with Gasteiger partial charge in [0.2, 0.25) is 5.91 Å². The van der Waals surface area contributed by atoms with Gasteiger partial charge in [-0.3, -0.25) is 14.9 Å².